The molecule has 0 spiro atoms. The van der Waals surface area contributed by atoms with E-state index in [4.69, 9.17) is 0 Å². The van der Waals surface area contributed by atoms with Crippen molar-refractivity contribution < 1.29 is 0 Å². The molecule has 0 fully saturated rings. The van der Waals surface area contributed by atoms with Gasteiger partial charge in [-0.05, 0) is 26.7 Å². The molecule has 2 aromatic rings. The number of hydrogen-bond acceptors (Lipinski definition) is 4. The molecule has 2 heterocycles. The molecule has 0 radical (unpaired) electrons. The Morgan fingerprint density at radius 3 is 2.70 bits per heavy atom. The number of nitrogens with zero attached hydrogens (tertiary/aromatic N) is 4. The minimum atomic E-state index is 0.341. The first-order valence-electron chi connectivity index (χ1n) is 7.29. The van der Waals surface area contributed by atoms with Gasteiger partial charge in [-0.25, -0.2) is 15.0 Å². The summed E-state index contributed by atoms with van der Waals surface area (Å²) >= 11 is 0. The normalized spacial score (nSPS) is 11.1. The zero-order valence-electron chi connectivity index (χ0n) is 12.7. The molecule has 0 saturated carbocycles. The standard InChI is InChI=1S/C15H23N5/c1-5-7-17-14-8-12(6-2)18-15(19-14)13-9-16-10-20(13)11(3)4/h8-11H,5-7H2,1-4H3,(H,17,18,19). The summed E-state index contributed by atoms with van der Waals surface area (Å²) in [4.78, 5) is 13.5. The monoisotopic (exact) mass is 273 g/mol. The molecular formula is C15H23N5. The van der Waals surface area contributed by atoms with Crippen LogP contribution >= 0.6 is 0 Å². The van der Waals surface area contributed by atoms with Crippen molar-refractivity contribution in [1.29, 1.82) is 0 Å². The molecule has 0 amide bonds. The summed E-state index contributed by atoms with van der Waals surface area (Å²) < 4.78 is 2.10. The number of aromatic nitrogens is 4. The van der Waals surface area contributed by atoms with Gasteiger partial charge in [0.1, 0.15) is 11.5 Å². The Morgan fingerprint density at radius 1 is 1.25 bits per heavy atom. The van der Waals surface area contributed by atoms with Crippen molar-refractivity contribution in [3.8, 4) is 11.5 Å². The molecule has 0 atom stereocenters. The first-order chi connectivity index (χ1) is 9.65. The third-order valence-electron chi connectivity index (χ3n) is 3.15. The minimum Gasteiger partial charge on any atom is -0.370 e. The van der Waals surface area contributed by atoms with Crippen molar-refractivity contribution in [1.82, 2.24) is 19.5 Å². The van der Waals surface area contributed by atoms with Gasteiger partial charge in [-0.1, -0.05) is 13.8 Å². The molecule has 0 aromatic carbocycles. The van der Waals surface area contributed by atoms with E-state index in [1.54, 1.807) is 0 Å². The molecular weight excluding hydrogens is 250 g/mol. The number of nitrogens with one attached hydrogen (secondary N) is 1. The van der Waals surface area contributed by atoms with Gasteiger partial charge in [0.05, 0.1) is 12.5 Å². The summed E-state index contributed by atoms with van der Waals surface area (Å²) in [6.07, 6.45) is 5.64. The van der Waals surface area contributed by atoms with E-state index >= 15 is 0 Å². The van der Waals surface area contributed by atoms with E-state index in [-0.39, 0.29) is 0 Å². The summed E-state index contributed by atoms with van der Waals surface area (Å²) in [6, 6.07) is 2.36. The number of hydrogen-bond donors (Lipinski definition) is 1. The molecule has 1 N–H and O–H groups in total. The van der Waals surface area contributed by atoms with Crippen molar-refractivity contribution in [2.75, 3.05) is 11.9 Å². The van der Waals surface area contributed by atoms with E-state index in [0.29, 0.717) is 6.04 Å². The van der Waals surface area contributed by atoms with E-state index < -0.39 is 0 Å². The average Bonchev–Trinajstić information content (AvgIpc) is 2.94. The van der Waals surface area contributed by atoms with Crippen LogP contribution in [-0.2, 0) is 6.42 Å². The Kier molecular flexibility index (Phi) is 4.71. The Bertz CT molecular complexity index is 559. The fourth-order valence-corrected chi connectivity index (χ4v) is 2.03. The average molecular weight is 273 g/mol. The third kappa shape index (κ3) is 3.15. The Labute approximate surface area is 120 Å². The molecule has 0 bridgehead atoms. The largest absolute Gasteiger partial charge is 0.370 e. The van der Waals surface area contributed by atoms with Gasteiger partial charge in [-0.15, -0.1) is 0 Å². The van der Waals surface area contributed by atoms with Crippen LogP contribution in [0.2, 0.25) is 0 Å². The van der Waals surface area contributed by atoms with E-state index in [9.17, 15) is 0 Å². The molecule has 0 unspecified atom stereocenters. The summed E-state index contributed by atoms with van der Waals surface area (Å²) in [5.41, 5.74) is 2.01. The molecule has 5 nitrogen and oxygen atoms in total. The molecule has 20 heavy (non-hydrogen) atoms. The Hall–Kier alpha value is -1.91. The summed E-state index contributed by atoms with van der Waals surface area (Å²) in [5.74, 6) is 1.64. The quantitative estimate of drug-likeness (QED) is 0.877. The van der Waals surface area contributed by atoms with Gasteiger partial charge in [0.15, 0.2) is 5.82 Å². The lowest BCUT2D eigenvalue weighted by molar-refractivity contribution is 0.603. The minimum absolute atomic E-state index is 0.341. The van der Waals surface area contributed by atoms with Crippen molar-refractivity contribution >= 4 is 5.82 Å². The van der Waals surface area contributed by atoms with Crippen molar-refractivity contribution in [2.45, 2.75) is 46.6 Å². The second kappa shape index (κ2) is 6.50. The van der Waals surface area contributed by atoms with Crippen LogP contribution in [-0.4, -0.2) is 26.1 Å². The lowest BCUT2D eigenvalue weighted by atomic mass is 10.3. The predicted molar refractivity (Wildman–Crippen MR) is 81.8 cm³/mol. The number of anilines is 1. The number of imidazole rings is 1. The molecule has 108 valence electrons. The maximum absolute atomic E-state index is 4.63. The third-order valence-corrected chi connectivity index (χ3v) is 3.15. The van der Waals surface area contributed by atoms with Crippen LogP contribution < -0.4 is 5.32 Å². The molecule has 2 aromatic heterocycles. The van der Waals surface area contributed by atoms with Crippen molar-refractivity contribution in [3.05, 3.63) is 24.3 Å². The van der Waals surface area contributed by atoms with E-state index in [1.807, 2.05) is 18.6 Å². The van der Waals surface area contributed by atoms with Gasteiger partial charge in [0.2, 0.25) is 0 Å². The molecule has 5 heteroatoms. The van der Waals surface area contributed by atoms with Crippen molar-refractivity contribution in [3.63, 3.8) is 0 Å². The molecule has 0 aliphatic heterocycles. The maximum atomic E-state index is 4.63. The summed E-state index contributed by atoms with van der Waals surface area (Å²) in [6.45, 7) is 9.43. The van der Waals surface area contributed by atoms with Crippen LogP contribution in [0.1, 0.15) is 45.9 Å². The van der Waals surface area contributed by atoms with Gasteiger partial charge in [0.25, 0.3) is 0 Å². The van der Waals surface area contributed by atoms with E-state index in [0.717, 1.165) is 42.4 Å². The van der Waals surface area contributed by atoms with Crippen LogP contribution in [0.15, 0.2) is 18.6 Å². The van der Waals surface area contributed by atoms with Crippen LogP contribution in [0, 0.1) is 0 Å². The van der Waals surface area contributed by atoms with Gasteiger partial charge >= 0.3 is 0 Å². The van der Waals surface area contributed by atoms with E-state index in [2.05, 4.69) is 52.5 Å². The van der Waals surface area contributed by atoms with Gasteiger partial charge < -0.3 is 9.88 Å². The van der Waals surface area contributed by atoms with Crippen LogP contribution in [0.5, 0.6) is 0 Å². The van der Waals surface area contributed by atoms with Crippen molar-refractivity contribution in [2.24, 2.45) is 0 Å². The first kappa shape index (κ1) is 14.5. The van der Waals surface area contributed by atoms with Crippen LogP contribution in [0.3, 0.4) is 0 Å². The lowest BCUT2D eigenvalue weighted by Crippen LogP contribution is -2.08. The smallest absolute Gasteiger partial charge is 0.180 e. The molecule has 0 aliphatic carbocycles. The lowest BCUT2D eigenvalue weighted by Gasteiger charge is -2.13. The van der Waals surface area contributed by atoms with Crippen LogP contribution in [0.4, 0.5) is 5.82 Å². The highest BCUT2D eigenvalue weighted by molar-refractivity contribution is 5.53. The molecule has 0 saturated heterocycles. The highest BCUT2D eigenvalue weighted by Gasteiger charge is 2.12. The maximum Gasteiger partial charge on any atom is 0.180 e. The Balaban J connectivity index is 2.41. The first-order valence-corrected chi connectivity index (χ1v) is 7.29. The van der Waals surface area contributed by atoms with Gasteiger partial charge in [-0.3, -0.25) is 0 Å². The SMILES string of the molecule is CCCNc1cc(CC)nc(-c2cncn2C(C)C)n1. The summed E-state index contributed by atoms with van der Waals surface area (Å²) in [7, 11) is 0. The molecule has 2 rings (SSSR count). The summed E-state index contributed by atoms with van der Waals surface area (Å²) in [5, 5.41) is 3.34. The number of rotatable bonds is 6. The highest BCUT2D eigenvalue weighted by atomic mass is 15.1. The second-order valence-corrected chi connectivity index (χ2v) is 5.13. The highest BCUT2D eigenvalue weighted by Crippen LogP contribution is 2.21. The zero-order chi connectivity index (χ0) is 14.5. The fourth-order valence-electron chi connectivity index (χ4n) is 2.03. The second-order valence-electron chi connectivity index (χ2n) is 5.13. The fraction of sp³-hybridized carbons (Fsp3) is 0.533. The van der Waals surface area contributed by atoms with Gasteiger partial charge in [0, 0.05) is 24.3 Å². The molecule has 0 aliphatic rings. The zero-order valence-corrected chi connectivity index (χ0v) is 12.7. The van der Waals surface area contributed by atoms with Crippen LogP contribution in [0.25, 0.3) is 11.5 Å². The number of aryl methyl sites for hydroxylation is 1. The van der Waals surface area contributed by atoms with E-state index in [1.165, 1.54) is 0 Å². The predicted octanol–water partition coefficient (Wildman–Crippen LogP) is 3.31. The topological polar surface area (TPSA) is 55.6 Å². The Morgan fingerprint density at radius 2 is 2.05 bits per heavy atom. The van der Waals surface area contributed by atoms with Gasteiger partial charge in [-0.2, -0.15) is 0 Å².